The van der Waals surface area contributed by atoms with E-state index in [2.05, 4.69) is 38.7 Å². The topological polar surface area (TPSA) is 12.0 Å². The first kappa shape index (κ1) is 11.7. The van der Waals surface area contributed by atoms with Crippen molar-refractivity contribution in [3.8, 4) is 0 Å². The molecule has 0 amide bonds. The molecule has 0 aliphatic carbocycles. The third-order valence-corrected chi connectivity index (χ3v) is 2.59. The van der Waals surface area contributed by atoms with Crippen molar-refractivity contribution in [1.29, 1.82) is 0 Å². The van der Waals surface area contributed by atoms with Crippen molar-refractivity contribution in [2.24, 2.45) is 11.3 Å². The second kappa shape index (κ2) is 5.36. The summed E-state index contributed by atoms with van der Waals surface area (Å²) < 4.78 is 0. The van der Waals surface area contributed by atoms with Gasteiger partial charge in [-0.3, -0.25) is 0 Å². The number of rotatable bonds is 6. The van der Waals surface area contributed by atoms with E-state index in [9.17, 15) is 0 Å². The zero-order valence-corrected chi connectivity index (χ0v) is 8.98. The van der Waals surface area contributed by atoms with E-state index in [1.807, 2.05) is 7.05 Å². The fourth-order valence-corrected chi connectivity index (χ4v) is 1.57. The molecule has 0 aliphatic heterocycles. The summed E-state index contributed by atoms with van der Waals surface area (Å²) in [4.78, 5) is 0. The highest BCUT2D eigenvalue weighted by Gasteiger charge is 2.21. The Balaban J connectivity index is 4.03. The van der Waals surface area contributed by atoms with E-state index in [-0.39, 0.29) is 5.41 Å². The molecule has 12 heavy (non-hydrogen) atoms. The highest BCUT2D eigenvalue weighted by atomic mass is 14.8. The number of hydrogen-bond donors (Lipinski definition) is 1. The molecule has 0 saturated heterocycles. The fraction of sp³-hybridized carbons (Fsp3) is 0.818. The van der Waals surface area contributed by atoms with Gasteiger partial charge in [-0.1, -0.05) is 33.3 Å². The lowest BCUT2D eigenvalue weighted by Gasteiger charge is -2.28. The lowest BCUT2D eigenvalue weighted by Crippen LogP contribution is -2.29. The highest BCUT2D eigenvalue weighted by Crippen LogP contribution is 2.27. The lowest BCUT2D eigenvalue weighted by atomic mass is 9.81. The Morgan fingerprint density at radius 1 is 1.58 bits per heavy atom. The smallest absolute Gasteiger partial charge is 0.00368 e. The molecule has 0 rings (SSSR count). The second-order valence-electron chi connectivity index (χ2n) is 4.11. The monoisotopic (exact) mass is 169 g/mol. The first-order valence-electron chi connectivity index (χ1n) is 4.86. The van der Waals surface area contributed by atoms with Crippen LogP contribution < -0.4 is 5.32 Å². The molecule has 72 valence electrons. The van der Waals surface area contributed by atoms with Crippen molar-refractivity contribution in [3.05, 3.63) is 12.7 Å². The Bertz CT molecular complexity index is 131. The molecular formula is C11H23N. The van der Waals surface area contributed by atoms with Crippen LogP contribution in [0.25, 0.3) is 0 Å². The van der Waals surface area contributed by atoms with Gasteiger partial charge in [-0.05, 0) is 24.8 Å². The van der Waals surface area contributed by atoms with Crippen LogP contribution >= 0.6 is 0 Å². The fourth-order valence-electron chi connectivity index (χ4n) is 1.57. The number of nitrogens with one attached hydrogen (secondary N) is 1. The van der Waals surface area contributed by atoms with Gasteiger partial charge < -0.3 is 5.32 Å². The standard InChI is InChI=1S/C11H23N/c1-6-10(3)8-11(4,7-2)9-12-5/h7,10,12H,2,6,8-9H2,1,3-5H3. The predicted molar refractivity (Wildman–Crippen MR) is 56.3 cm³/mol. The summed E-state index contributed by atoms with van der Waals surface area (Å²) in [6.07, 6.45) is 4.57. The van der Waals surface area contributed by atoms with Crippen molar-refractivity contribution in [2.75, 3.05) is 13.6 Å². The Morgan fingerprint density at radius 2 is 2.17 bits per heavy atom. The van der Waals surface area contributed by atoms with Gasteiger partial charge in [0.05, 0.1) is 0 Å². The predicted octanol–water partition coefficient (Wildman–Crippen LogP) is 2.83. The molecule has 0 aliphatic rings. The van der Waals surface area contributed by atoms with E-state index in [1.165, 1.54) is 12.8 Å². The van der Waals surface area contributed by atoms with E-state index in [0.717, 1.165) is 12.5 Å². The molecule has 0 aromatic rings. The van der Waals surface area contributed by atoms with Gasteiger partial charge in [-0.2, -0.15) is 0 Å². The lowest BCUT2D eigenvalue weighted by molar-refractivity contribution is 0.307. The molecule has 0 spiro atoms. The summed E-state index contributed by atoms with van der Waals surface area (Å²) in [5, 5.41) is 3.22. The van der Waals surface area contributed by atoms with Crippen molar-refractivity contribution < 1.29 is 0 Å². The van der Waals surface area contributed by atoms with Crippen LogP contribution in [0.5, 0.6) is 0 Å². The minimum Gasteiger partial charge on any atom is -0.319 e. The molecule has 1 N–H and O–H groups in total. The van der Waals surface area contributed by atoms with Gasteiger partial charge in [0.2, 0.25) is 0 Å². The van der Waals surface area contributed by atoms with E-state index < -0.39 is 0 Å². The van der Waals surface area contributed by atoms with E-state index in [4.69, 9.17) is 0 Å². The third kappa shape index (κ3) is 3.91. The van der Waals surface area contributed by atoms with Crippen molar-refractivity contribution >= 4 is 0 Å². The van der Waals surface area contributed by atoms with Crippen LogP contribution in [0.1, 0.15) is 33.6 Å². The second-order valence-corrected chi connectivity index (χ2v) is 4.11. The SMILES string of the molecule is C=CC(C)(CNC)CC(C)CC. The molecular weight excluding hydrogens is 146 g/mol. The average Bonchev–Trinajstić information content (AvgIpc) is 2.05. The molecule has 0 bridgehead atoms. The van der Waals surface area contributed by atoms with Crippen LogP contribution in [0.4, 0.5) is 0 Å². The maximum Gasteiger partial charge on any atom is 0.00368 e. The Hall–Kier alpha value is -0.300. The maximum absolute atomic E-state index is 3.90. The Labute approximate surface area is 77.2 Å². The molecule has 0 aromatic carbocycles. The summed E-state index contributed by atoms with van der Waals surface area (Å²) in [5.74, 6) is 0.793. The average molecular weight is 169 g/mol. The van der Waals surface area contributed by atoms with Crippen LogP contribution in [-0.2, 0) is 0 Å². The molecule has 0 heterocycles. The molecule has 2 unspecified atom stereocenters. The van der Waals surface area contributed by atoms with Gasteiger partial charge in [0.25, 0.3) is 0 Å². The largest absolute Gasteiger partial charge is 0.319 e. The van der Waals surface area contributed by atoms with Gasteiger partial charge in [0.15, 0.2) is 0 Å². The minimum absolute atomic E-state index is 0.268. The zero-order valence-electron chi connectivity index (χ0n) is 8.98. The quantitative estimate of drug-likeness (QED) is 0.603. The normalized spacial score (nSPS) is 18.3. The van der Waals surface area contributed by atoms with Crippen LogP contribution in [-0.4, -0.2) is 13.6 Å². The highest BCUT2D eigenvalue weighted by molar-refractivity contribution is 4.93. The van der Waals surface area contributed by atoms with Crippen LogP contribution in [0.15, 0.2) is 12.7 Å². The van der Waals surface area contributed by atoms with Crippen molar-refractivity contribution in [3.63, 3.8) is 0 Å². The Morgan fingerprint density at radius 3 is 2.50 bits per heavy atom. The summed E-state index contributed by atoms with van der Waals surface area (Å²) in [6, 6.07) is 0. The van der Waals surface area contributed by atoms with Crippen molar-refractivity contribution in [1.82, 2.24) is 5.32 Å². The molecule has 2 atom stereocenters. The van der Waals surface area contributed by atoms with Crippen molar-refractivity contribution in [2.45, 2.75) is 33.6 Å². The van der Waals surface area contributed by atoms with Crippen LogP contribution in [0.2, 0.25) is 0 Å². The Kier molecular flexibility index (Phi) is 5.23. The molecule has 0 fully saturated rings. The van der Waals surface area contributed by atoms with Crippen LogP contribution in [0.3, 0.4) is 0 Å². The first-order valence-corrected chi connectivity index (χ1v) is 4.86. The van der Waals surface area contributed by atoms with Crippen LogP contribution in [0, 0.1) is 11.3 Å². The molecule has 1 nitrogen and oxygen atoms in total. The van der Waals surface area contributed by atoms with Gasteiger partial charge in [-0.25, -0.2) is 0 Å². The first-order chi connectivity index (χ1) is 5.58. The summed E-state index contributed by atoms with van der Waals surface area (Å²) in [5.41, 5.74) is 0.268. The van der Waals surface area contributed by atoms with Gasteiger partial charge in [0.1, 0.15) is 0 Å². The molecule has 0 aromatic heterocycles. The van der Waals surface area contributed by atoms with E-state index in [1.54, 1.807) is 0 Å². The molecule has 1 heteroatoms. The number of hydrogen-bond acceptors (Lipinski definition) is 1. The summed E-state index contributed by atoms with van der Waals surface area (Å²) >= 11 is 0. The zero-order chi connectivity index (χ0) is 9.61. The summed E-state index contributed by atoms with van der Waals surface area (Å²) in [7, 11) is 2.00. The molecule has 0 saturated carbocycles. The van der Waals surface area contributed by atoms with Gasteiger partial charge in [-0.15, -0.1) is 6.58 Å². The molecule has 0 radical (unpaired) electrons. The maximum atomic E-state index is 3.90. The van der Waals surface area contributed by atoms with E-state index in [0.29, 0.717) is 0 Å². The van der Waals surface area contributed by atoms with Gasteiger partial charge >= 0.3 is 0 Å². The minimum atomic E-state index is 0.268. The third-order valence-electron chi connectivity index (χ3n) is 2.59. The van der Waals surface area contributed by atoms with E-state index >= 15 is 0 Å². The summed E-state index contributed by atoms with van der Waals surface area (Å²) in [6.45, 7) is 11.7. The van der Waals surface area contributed by atoms with Gasteiger partial charge in [0, 0.05) is 6.54 Å².